The molecule has 28 heavy (non-hydrogen) atoms. The number of carbonyl (C=O) groups excluding carboxylic acids is 1. The lowest BCUT2D eigenvalue weighted by molar-refractivity contribution is 0.0951. The number of aromatic nitrogens is 1. The summed E-state index contributed by atoms with van der Waals surface area (Å²) in [7, 11) is -3.27. The minimum atomic E-state index is -3.27. The molecule has 0 aliphatic rings. The largest absolute Gasteiger partial charge is 0.348 e. The van der Waals surface area contributed by atoms with E-state index in [1.807, 2.05) is 0 Å². The van der Waals surface area contributed by atoms with E-state index in [9.17, 15) is 17.6 Å². The van der Waals surface area contributed by atoms with E-state index >= 15 is 0 Å². The van der Waals surface area contributed by atoms with Gasteiger partial charge in [-0.1, -0.05) is 24.3 Å². The minimum Gasteiger partial charge on any atom is -0.348 e. The number of rotatable bonds is 6. The molecule has 2 N–H and O–H groups in total. The molecule has 0 aliphatic heterocycles. The summed E-state index contributed by atoms with van der Waals surface area (Å²) in [6, 6.07) is 15.6. The summed E-state index contributed by atoms with van der Waals surface area (Å²) in [6.45, 7) is 0.205. The second kappa shape index (κ2) is 8.18. The molecule has 144 valence electrons. The SMILES string of the molecule is CS(=O)(=O)c1ccc(CNC(=O)c2cccnc2Nc2ccccc2F)cc1. The zero-order chi connectivity index (χ0) is 20.1. The summed E-state index contributed by atoms with van der Waals surface area (Å²) in [4.78, 5) is 16.9. The highest BCUT2D eigenvalue weighted by molar-refractivity contribution is 7.90. The average Bonchev–Trinajstić information content (AvgIpc) is 2.68. The van der Waals surface area contributed by atoms with Crippen LogP contribution in [0, 0.1) is 5.82 Å². The zero-order valence-electron chi connectivity index (χ0n) is 15.0. The summed E-state index contributed by atoms with van der Waals surface area (Å²) in [5.74, 6) is -0.609. The minimum absolute atomic E-state index is 0.205. The normalized spacial score (nSPS) is 11.1. The summed E-state index contributed by atoms with van der Waals surface area (Å²) < 4.78 is 36.9. The molecule has 3 aromatic rings. The molecule has 1 aromatic heterocycles. The Balaban J connectivity index is 1.72. The highest BCUT2D eigenvalue weighted by Crippen LogP contribution is 2.21. The molecule has 0 aliphatic carbocycles. The smallest absolute Gasteiger partial charge is 0.255 e. The number of hydrogen-bond donors (Lipinski definition) is 2. The highest BCUT2D eigenvalue weighted by Gasteiger charge is 2.14. The summed E-state index contributed by atoms with van der Waals surface area (Å²) >= 11 is 0. The van der Waals surface area contributed by atoms with Crippen molar-refractivity contribution in [2.75, 3.05) is 11.6 Å². The van der Waals surface area contributed by atoms with Crippen molar-refractivity contribution in [1.82, 2.24) is 10.3 Å². The van der Waals surface area contributed by atoms with Crippen molar-refractivity contribution in [1.29, 1.82) is 0 Å². The predicted molar refractivity (Wildman–Crippen MR) is 105 cm³/mol. The van der Waals surface area contributed by atoms with Crippen molar-refractivity contribution >= 4 is 27.2 Å². The second-order valence-electron chi connectivity index (χ2n) is 6.10. The van der Waals surface area contributed by atoms with Gasteiger partial charge < -0.3 is 10.6 Å². The Bertz CT molecular complexity index is 1100. The first-order chi connectivity index (χ1) is 13.3. The van der Waals surface area contributed by atoms with Gasteiger partial charge in [0.2, 0.25) is 0 Å². The lowest BCUT2D eigenvalue weighted by atomic mass is 10.2. The number of anilines is 2. The van der Waals surface area contributed by atoms with Gasteiger partial charge in [0.05, 0.1) is 16.1 Å². The number of halogens is 1. The summed E-state index contributed by atoms with van der Waals surface area (Å²) in [6.07, 6.45) is 2.64. The molecule has 0 radical (unpaired) electrons. The van der Waals surface area contributed by atoms with Crippen molar-refractivity contribution in [3.63, 3.8) is 0 Å². The molecule has 0 atom stereocenters. The van der Waals surface area contributed by atoms with Crippen LogP contribution in [0.25, 0.3) is 0 Å². The third-order valence-electron chi connectivity index (χ3n) is 3.98. The molecule has 0 fully saturated rings. The monoisotopic (exact) mass is 399 g/mol. The van der Waals surface area contributed by atoms with Crippen molar-refractivity contribution in [2.45, 2.75) is 11.4 Å². The topological polar surface area (TPSA) is 88.2 Å². The Hall–Kier alpha value is -3.26. The Morgan fingerprint density at radius 1 is 1.04 bits per heavy atom. The van der Waals surface area contributed by atoms with E-state index in [-0.39, 0.29) is 34.4 Å². The van der Waals surface area contributed by atoms with Gasteiger partial charge in [0.15, 0.2) is 9.84 Å². The van der Waals surface area contributed by atoms with Crippen molar-refractivity contribution in [3.8, 4) is 0 Å². The van der Waals surface area contributed by atoms with Crippen LogP contribution < -0.4 is 10.6 Å². The molecule has 1 heterocycles. The molecule has 3 rings (SSSR count). The van der Waals surface area contributed by atoms with Gasteiger partial charge >= 0.3 is 0 Å². The molecular weight excluding hydrogens is 381 g/mol. The first kappa shape index (κ1) is 19.5. The Kier molecular flexibility index (Phi) is 5.70. The third kappa shape index (κ3) is 4.72. The first-order valence-electron chi connectivity index (χ1n) is 8.38. The van der Waals surface area contributed by atoms with E-state index in [4.69, 9.17) is 0 Å². The second-order valence-corrected chi connectivity index (χ2v) is 8.12. The van der Waals surface area contributed by atoms with Crippen LogP contribution in [0.3, 0.4) is 0 Å². The molecule has 2 aromatic carbocycles. The van der Waals surface area contributed by atoms with Gasteiger partial charge in [0, 0.05) is 19.0 Å². The number of nitrogens with zero attached hydrogens (tertiary/aromatic N) is 1. The van der Waals surface area contributed by atoms with Crippen LogP contribution in [0.4, 0.5) is 15.9 Å². The number of pyridine rings is 1. The summed E-state index contributed by atoms with van der Waals surface area (Å²) in [5, 5.41) is 5.58. The quantitative estimate of drug-likeness (QED) is 0.664. The van der Waals surface area contributed by atoms with Crippen LogP contribution >= 0.6 is 0 Å². The molecule has 8 heteroatoms. The van der Waals surface area contributed by atoms with E-state index in [0.717, 1.165) is 11.8 Å². The van der Waals surface area contributed by atoms with E-state index in [0.29, 0.717) is 0 Å². The Labute approximate surface area is 162 Å². The predicted octanol–water partition coefficient (Wildman–Crippen LogP) is 3.30. The van der Waals surface area contributed by atoms with E-state index in [2.05, 4.69) is 15.6 Å². The maximum atomic E-state index is 13.9. The van der Waals surface area contributed by atoms with Gasteiger partial charge in [-0.15, -0.1) is 0 Å². The Morgan fingerprint density at radius 3 is 2.43 bits per heavy atom. The van der Waals surface area contributed by atoms with Crippen LogP contribution in [-0.4, -0.2) is 25.6 Å². The number of carbonyl (C=O) groups is 1. The van der Waals surface area contributed by atoms with Crippen LogP contribution in [0.5, 0.6) is 0 Å². The number of benzene rings is 2. The molecule has 0 saturated carbocycles. The number of para-hydroxylation sites is 1. The van der Waals surface area contributed by atoms with E-state index in [1.54, 1.807) is 42.5 Å². The molecular formula is C20H18FN3O3S. The van der Waals surface area contributed by atoms with Crippen LogP contribution in [0.15, 0.2) is 71.8 Å². The first-order valence-corrected chi connectivity index (χ1v) is 10.3. The van der Waals surface area contributed by atoms with Gasteiger partial charge in [-0.25, -0.2) is 17.8 Å². The van der Waals surface area contributed by atoms with Crippen molar-refractivity contribution in [3.05, 3.63) is 83.8 Å². The van der Waals surface area contributed by atoms with Crippen molar-refractivity contribution in [2.24, 2.45) is 0 Å². The fourth-order valence-electron chi connectivity index (χ4n) is 2.51. The number of amides is 1. The van der Waals surface area contributed by atoms with Crippen LogP contribution in [0.2, 0.25) is 0 Å². The lowest BCUT2D eigenvalue weighted by Crippen LogP contribution is -2.24. The molecule has 0 spiro atoms. The molecule has 1 amide bonds. The van der Waals surface area contributed by atoms with Gasteiger partial charge in [-0.3, -0.25) is 4.79 Å². The number of hydrogen-bond acceptors (Lipinski definition) is 5. The van der Waals surface area contributed by atoms with E-state index < -0.39 is 15.7 Å². The number of nitrogens with one attached hydrogen (secondary N) is 2. The number of sulfone groups is 1. The van der Waals surface area contributed by atoms with Gasteiger partial charge in [-0.2, -0.15) is 0 Å². The van der Waals surface area contributed by atoms with Gasteiger partial charge in [0.25, 0.3) is 5.91 Å². The van der Waals surface area contributed by atoms with Crippen LogP contribution in [0.1, 0.15) is 15.9 Å². The fourth-order valence-corrected chi connectivity index (χ4v) is 3.14. The molecule has 0 unspecified atom stereocenters. The van der Waals surface area contributed by atoms with E-state index in [1.165, 1.54) is 24.4 Å². The zero-order valence-corrected chi connectivity index (χ0v) is 15.8. The van der Waals surface area contributed by atoms with Crippen LogP contribution in [-0.2, 0) is 16.4 Å². The van der Waals surface area contributed by atoms with Crippen molar-refractivity contribution < 1.29 is 17.6 Å². The third-order valence-corrected chi connectivity index (χ3v) is 5.11. The lowest BCUT2D eigenvalue weighted by Gasteiger charge is -2.12. The maximum Gasteiger partial charge on any atom is 0.255 e. The van der Waals surface area contributed by atoms with Gasteiger partial charge in [-0.05, 0) is 42.0 Å². The molecule has 0 saturated heterocycles. The molecule has 6 nitrogen and oxygen atoms in total. The summed E-state index contributed by atoms with van der Waals surface area (Å²) in [5.41, 5.74) is 1.22. The highest BCUT2D eigenvalue weighted by atomic mass is 32.2. The van der Waals surface area contributed by atoms with Gasteiger partial charge in [0.1, 0.15) is 11.6 Å². The Morgan fingerprint density at radius 2 is 1.75 bits per heavy atom. The average molecular weight is 399 g/mol. The molecule has 0 bridgehead atoms. The maximum absolute atomic E-state index is 13.9. The fraction of sp³-hybridized carbons (Fsp3) is 0.100. The standard InChI is InChI=1S/C20H18FN3O3S/c1-28(26,27)15-10-8-14(9-11-15)13-23-20(25)16-5-4-12-22-19(16)24-18-7-3-2-6-17(18)21/h2-12H,13H2,1H3,(H,22,24)(H,23,25).